The lowest BCUT2D eigenvalue weighted by Crippen LogP contribution is -2.39. The lowest BCUT2D eigenvalue weighted by atomic mass is 9.95. The first-order chi connectivity index (χ1) is 12.9. The molecule has 0 aromatic heterocycles. The summed E-state index contributed by atoms with van der Waals surface area (Å²) in [5.74, 6) is -2.71. The second-order valence-corrected chi connectivity index (χ2v) is 10.4. The van der Waals surface area contributed by atoms with Crippen LogP contribution in [-0.4, -0.2) is 40.3 Å². The second-order valence-electron chi connectivity index (χ2n) is 10.4. The predicted molar refractivity (Wildman–Crippen MR) is 109 cm³/mol. The van der Waals surface area contributed by atoms with Crippen LogP contribution in [-0.2, 0) is 34.1 Å². The lowest BCUT2D eigenvalue weighted by Gasteiger charge is -2.33. The first-order valence-electron chi connectivity index (χ1n) is 10.2. The van der Waals surface area contributed by atoms with Crippen molar-refractivity contribution in [3.05, 3.63) is 0 Å². The van der Waals surface area contributed by atoms with E-state index >= 15 is 0 Å². The van der Waals surface area contributed by atoms with Crippen molar-refractivity contribution in [2.45, 2.75) is 118 Å². The van der Waals surface area contributed by atoms with Gasteiger partial charge in [0.25, 0.3) is 0 Å². The maximum atomic E-state index is 11.7. The van der Waals surface area contributed by atoms with Gasteiger partial charge in [0.1, 0.15) is 0 Å². The van der Waals surface area contributed by atoms with Crippen molar-refractivity contribution in [3.8, 4) is 0 Å². The third-order valence-electron chi connectivity index (χ3n) is 3.32. The maximum Gasteiger partial charge on any atom is 0.306 e. The van der Waals surface area contributed by atoms with Crippen molar-refractivity contribution in [2.24, 2.45) is 5.92 Å². The number of carboxylic acid groups (broad SMARTS) is 1. The molecule has 0 amide bonds. The fourth-order valence-electron chi connectivity index (χ4n) is 1.96. The van der Waals surface area contributed by atoms with Gasteiger partial charge in [-0.25, -0.2) is 19.6 Å². The van der Waals surface area contributed by atoms with Crippen molar-refractivity contribution in [3.63, 3.8) is 0 Å². The Bertz CT molecular complexity index is 453. The quantitative estimate of drug-likeness (QED) is 0.187. The Morgan fingerprint density at radius 2 is 1.17 bits per heavy atom. The van der Waals surface area contributed by atoms with Gasteiger partial charge in [-0.2, -0.15) is 9.78 Å². The van der Waals surface area contributed by atoms with Crippen LogP contribution < -0.4 is 0 Å². The third kappa shape index (κ3) is 16.7. The van der Waals surface area contributed by atoms with Gasteiger partial charge in [-0.3, -0.25) is 4.79 Å². The molecule has 0 aliphatic heterocycles. The molecule has 0 aromatic carbocycles. The first kappa shape index (κ1) is 28.2. The summed E-state index contributed by atoms with van der Waals surface area (Å²) in [6.45, 7) is 18.7. The van der Waals surface area contributed by atoms with Crippen LogP contribution in [0.25, 0.3) is 0 Å². The summed E-state index contributed by atoms with van der Waals surface area (Å²) in [5, 5.41) is 9.56. The van der Waals surface area contributed by atoms with E-state index in [1.165, 1.54) is 0 Å². The molecule has 0 heterocycles. The van der Waals surface area contributed by atoms with Gasteiger partial charge in [0.15, 0.2) is 0 Å². The smallest absolute Gasteiger partial charge is 0.306 e. The lowest BCUT2D eigenvalue weighted by molar-refractivity contribution is -0.537. The molecule has 29 heavy (non-hydrogen) atoms. The summed E-state index contributed by atoms with van der Waals surface area (Å²) in [6.07, 6.45) is 1.60. The highest BCUT2D eigenvalue weighted by atomic mass is 17.3. The molecule has 174 valence electrons. The molecular formula is C21H42O8. The molecule has 0 saturated carbocycles. The van der Waals surface area contributed by atoms with E-state index in [9.17, 15) is 9.90 Å². The molecule has 0 spiro atoms. The molecule has 0 bridgehead atoms. The Morgan fingerprint density at radius 3 is 1.55 bits per heavy atom. The highest BCUT2D eigenvalue weighted by Crippen LogP contribution is 2.28. The van der Waals surface area contributed by atoms with Crippen LogP contribution in [0.15, 0.2) is 0 Å². The maximum absolute atomic E-state index is 11.7. The van der Waals surface area contributed by atoms with Crippen molar-refractivity contribution in [1.29, 1.82) is 0 Å². The Hall–Kier alpha value is -0.770. The van der Waals surface area contributed by atoms with Crippen LogP contribution in [0, 0.1) is 5.92 Å². The average molecular weight is 423 g/mol. The van der Waals surface area contributed by atoms with E-state index in [0.29, 0.717) is 25.9 Å². The summed E-state index contributed by atoms with van der Waals surface area (Å²) in [5.41, 5.74) is -1.51. The molecule has 0 saturated heterocycles. The number of hydrogen-bond acceptors (Lipinski definition) is 7. The fourth-order valence-corrected chi connectivity index (χ4v) is 1.96. The minimum Gasteiger partial charge on any atom is -0.481 e. The first-order valence-corrected chi connectivity index (χ1v) is 10.2. The van der Waals surface area contributed by atoms with Gasteiger partial charge in [-0.1, -0.05) is 0 Å². The minimum absolute atomic E-state index is 0.273. The van der Waals surface area contributed by atoms with Gasteiger partial charge >= 0.3 is 5.97 Å². The van der Waals surface area contributed by atoms with Crippen LogP contribution in [0.2, 0.25) is 0 Å². The van der Waals surface area contributed by atoms with Crippen LogP contribution in [0.1, 0.15) is 94.9 Å². The molecule has 8 nitrogen and oxygen atoms in total. The largest absolute Gasteiger partial charge is 0.481 e. The molecule has 0 aliphatic rings. The highest BCUT2D eigenvalue weighted by molar-refractivity contribution is 5.69. The summed E-state index contributed by atoms with van der Waals surface area (Å²) in [7, 11) is 0. The molecule has 0 aromatic rings. The zero-order valence-electron chi connectivity index (χ0n) is 19.9. The van der Waals surface area contributed by atoms with Gasteiger partial charge in [-0.05, 0) is 88.5 Å². The summed E-state index contributed by atoms with van der Waals surface area (Å²) < 4.78 is 0. The van der Waals surface area contributed by atoms with Gasteiger partial charge in [0.05, 0.1) is 29.3 Å². The number of carbonyl (C=O) groups is 1. The molecule has 1 unspecified atom stereocenters. The molecule has 0 aliphatic carbocycles. The number of hydrogen-bond donors (Lipinski definition) is 1. The Kier molecular flexibility index (Phi) is 11.3. The van der Waals surface area contributed by atoms with E-state index in [4.69, 9.17) is 29.3 Å². The van der Waals surface area contributed by atoms with E-state index in [2.05, 4.69) is 0 Å². The molecule has 8 heteroatoms. The summed E-state index contributed by atoms with van der Waals surface area (Å²) >= 11 is 0. The molecule has 1 N–H and O–H groups in total. The van der Waals surface area contributed by atoms with Crippen LogP contribution in [0.3, 0.4) is 0 Å². The summed E-state index contributed by atoms with van der Waals surface area (Å²) in [4.78, 5) is 43.8. The van der Waals surface area contributed by atoms with Gasteiger partial charge < -0.3 is 5.11 Å². The summed E-state index contributed by atoms with van der Waals surface area (Å²) in [6, 6.07) is 0. The predicted octanol–water partition coefficient (Wildman–Crippen LogP) is 5.20. The molecule has 0 fully saturated rings. The van der Waals surface area contributed by atoms with Gasteiger partial charge in [-0.15, -0.1) is 0 Å². The molecule has 0 radical (unpaired) electrons. The van der Waals surface area contributed by atoms with E-state index < -0.39 is 34.5 Å². The normalized spacial score (nSPS) is 14.8. The van der Waals surface area contributed by atoms with Crippen molar-refractivity contribution in [2.75, 3.05) is 6.61 Å². The average Bonchev–Trinajstić information content (AvgIpc) is 2.51. The van der Waals surface area contributed by atoms with E-state index in [-0.39, 0.29) is 6.42 Å². The topological polar surface area (TPSA) is 92.7 Å². The van der Waals surface area contributed by atoms with E-state index in [1.807, 2.05) is 62.3 Å². The Morgan fingerprint density at radius 1 is 0.724 bits per heavy atom. The van der Waals surface area contributed by atoms with Crippen molar-refractivity contribution < 1.29 is 39.2 Å². The van der Waals surface area contributed by atoms with Gasteiger partial charge in [0, 0.05) is 6.42 Å². The van der Waals surface area contributed by atoms with Crippen molar-refractivity contribution >= 4 is 5.97 Å². The number of carboxylic acids is 1. The van der Waals surface area contributed by atoms with E-state index in [0.717, 1.165) is 0 Å². The van der Waals surface area contributed by atoms with Crippen LogP contribution >= 0.6 is 0 Å². The molecule has 1 atom stereocenters. The standard InChI is InChI=1S/C21H42O8/c1-18(2,3)25-24-15-11-12-16(17(22)23)13-14-21(10,28-26-19(4,5)6)29-27-20(7,8)9/h16H,11-15H2,1-10H3,(H,22,23). The SMILES string of the molecule is CC(C)(C)OOCCCC(CCC(C)(OOC(C)(C)C)OOC(C)(C)C)C(=O)O. The minimum atomic E-state index is -1.25. The molecule has 0 rings (SSSR count). The Labute approximate surface area is 175 Å². The molecular weight excluding hydrogens is 380 g/mol. The zero-order chi connectivity index (χ0) is 22.9. The number of rotatable bonds is 13. The fraction of sp³-hybridized carbons (Fsp3) is 0.952. The third-order valence-corrected chi connectivity index (χ3v) is 3.32. The zero-order valence-corrected chi connectivity index (χ0v) is 19.9. The van der Waals surface area contributed by atoms with E-state index in [1.54, 1.807) is 6.92 Å². The van der Waals surface area contributed by atoms with Crippen LogP contribution in [0.5, 0.6) is 0 Å². The highest BCUT2D eigenvalue weighted by Gasteiger charge is 2.35. The Balaban J connectivity index is 4.76. The van der Waals surface area contributed by atoms with Gasteiger partial charge in [0.2, 0.25) is 5.79 Å². The van der Waals surface area contributed by atoms with Crippen LogP contribution in [0.4, 0.5) is 0 Å². The monoisotopic (exact) mass is 422 g/mol. The number of aliphatic carboxylic acids is 1. The van der Waals surface area contributed by atoms with Crippen molar-refractivity contribution in [1.82, 2.24) is 0 Å². The second kappa shape index (κ2) is 11.6.